The summed E-state index contributed by atoms with van der Waals surface area (Å²) in [6, 6.07) is 15.3. The lowest BCUT2D eigenvalue weighted by molar-refractivity contribution is -0.384. The molecular formula is C19H14IN3O4. The number of amides is 1. The molecule has 0 aliphatic rings. The van der Waals surface area contributed by atoms with Crippen molar-refractivity contribution >= 4 is 40.4 Å². The third kappa shape index (κ3) is 4.59. The quantitative estimate of drug-likeness (QED) is 0.254. The van der Waals surface area contributed by atoms with Crippen molar-refractivity contribution in [2.45, 2.75) is 6.92 Å². The van der Waals surface area contributed by atoms with E-state index in [0.29, 0.717) is 22.6 Å². The topological polar surface area (TPSA) is 97.7 Å². The van der Waals surface area contributed by atoms with Crippen molar-refractivity contribution in [1.82, 2.24) is 5.43 Å². The van der Waals surface area contributed by atoms with Crippen LogP contribution in [0.5, 0.6) is 0 Å². The van der Waals surface area contributed by atoms with E-state index in [1.807, 2.05) is 6.07 Å². The van der Waals surface area contributed by atoms with Crippen LogP contribution in [0.3, 0.4) is 0 Å². The number of hydrazone groups is 1. The molecule has 1 N–H and O–H groups in total. The first-order valence-corrected chi connectivity index (χ1v) is 8.96. The number of carbonyl (C=O) groups excluding carboxylic acids is 1. The summed E-state index contributed by atoms with van der Waals surface area (Å²) < 4.78 is 6.54. The number of halogens is 1. The van der Waals surface area contributed by atoms with Crippen LogP contribution in [0.25, 0.3) is 11.3 Å². The Morgan fingerprint density at radius 3 is 2.78 bits per heavy atom. The summed E-state index contributed by atoms with van der Waals surface area (Å²) in [5.74, 6) is 0.376. The summed E-state index contributed by atoms with van der Waals surface area (Å²) in [6.07, 6.45) is 1.34. The number of nitrogens with one attached hydrogen (secondary N) is 1. The number of aryl methyl sites for hydroxylation is 1. The number of hydrogen-bond donors (Lipinski definition) is 1. The number of nitro benzene ring substituents is 1. The molecule has 1 aromatic heterocycles. The highest BCUT2D eigenvalue weighted by Gasteiger charge is 2.18. The average molecular weight is 475 g/mol. The SMILES string of the molecule is Cc1ccc(-c2ccc(/C=N/NC(=O)c3cccc(I)c3)o2)c([N+](=O)[O-])c1. The van der Waals surface area contributed by atoms with E-state index >= 15 is 0 Å². The molecule has 0 radical (unpaired) electrons. The standard InChI is InChI=1S/C19H14IN3O4/c1-12-5-7-16(17(9-12)23(25)26)18-8-6-15(27-18)11-21-22-19(24)13-3-2-4-14(20)10-13/h2-11H,1H3,(H,22,24)/b21-11+. The van der Waals surface area contributed by atoms with Crippen LogP contribution in [-0.2, 0) is 0 Å². The van der Waals surface area contributed by atoms with Crippen molar-refractivity contribution in [2.24, 2.45) is 5.10 Å². The summed E-state index contributed by atoms with van der Waals surface area (Å²) >= 11 is 2.12. The molecule has 7 nitrogen and oxygen atoms in total. The number of furan rings is 1. The fraction of sp³-hybridized carbons (Fsp3) is 0.0526. The van der Waals surface area contributed by atoms with Crippen molar-refractivity contribution in [3.63, 3.8) is 0 Å². The largest absolute Gasteiger partial charge is 0.455 e. The van der Waals surface area contributed by atoms with Crippen molar-refractivity contribution in [2.75, 3.05) is 0 Å². The minimum Gasteiger partial charge on any atom is -0.455 e. The van der Waals surface area contributed by atoms with Gasteiger partial charge in [0.1, 0.15) is 11.5 Å². The maximum Gasteiger partial charge on any atom is 0.280 e. The Labute approximate surface area is 168 Å². The second kappa shape index (κ2) is 8.12. The van der Waals surface area contributed by atoms with Crippen LogP contribution < -0.4 is 5.43 Å². The Morgan fingerprint density at radius 1 is 1.22 bits per heavy atom. The van der Waals surface area contributed by atoms with Gasteiger partial charge in [0, 0.05) is 15.2 Å². The molecule has 0 fully saturated rings. The molecule has 3 rings (SSSR count). The number of nitro groups is 1. The van der Waals surface area contributed by atoms with Gasteiger partial charge in [0.2, 0.25) is 0 Å². The molecule has 0 aliphatic carbocycles. The lowest BCUT2D eigenvalue weighted by atomic mass is 10.1. The Bertz CT molecular complexity index is 1040. The van der Waals surface area contributed by atoms with Gasteiger partial charge in [-0.1, -0.05) is 12.1 Å². The zero-order valence-electron chi connectivity index (χ0n) is 14.2. The lowest BCUT2D eigenvalue weighted by Crippen LogP contribution is -2.17. The van der Waals surface area contributed by atoms with Gasteiger partial charge in [-0.05, 0) is 71.5 Å². The van der Waals surface area contributed by atoms with E-state index in [1.54, 1.807) is 49.4 Å². The number of carbonyl (C=O) groups is 1. The fourth-order valence-electron chi connectivity index (χ4n) is 2.42. The maximum atomic E-state index is 12.0. The highest BCUT2D eigenvalue weighted by Crippen LogP contribution is 2.31. The summed E-state index contributed by atoms with van der Waals surface area (Å²) in [7, 11) is 0. The minimum atomic E-state index is -0.444. The van der Waals surface area contributed by atoms with Crippen LogP contribution in [-0.4, -0.2) is 17.0 Å². The molecule has 0 saturated carbocycles. The molecule has 136 valence electrons. The van der Waals surface area contributed by atoms with Crippen molar-refractivity contribution in [3.05, 3.63) is 85.2 Å². The fourth-order valence-corrected chi connectivity index (χ4v) is 2.96. The molecule has 3 aromatic rings. The van der Waals surface area contributed by atoms with Crippen molar-refractivity contribution < 1.29 is 14.1 Å². The normalized spacial score (nSPS) is 10.9. The van der Waals surface area contributed by atoms with Gasteiger partial charge in [-0.15, -0.1) is 0 Å². The first kappa shape index (κ1) is 18.8. The highest BCUT2D eigenvalue weighted by atomic mass is 127. The molecule has 1 amide bonds. The van der Waals surface area contributed by atoms with Crippen LogP contribution in [0.4, 0.5) is 5.69 Å². The van der Waals surface area contributed by atoms with Gasteiger partial charge in [0.25, 0.3) is 11.6 Å². The Kier molecular flexibility index (Phi) is 5.65. The summed E-state index contributed by atoms with van der Waals surface area (Å²) in [6.45, 7) is 1.79. The molecule has 0 aliphatic heterocycles. The molecule has 0 spiro atoms. The van der Waals surface area contributed by atoms with Crippen LogP contribution >= 0.6 is 22.6 Å². The number of hydrogen-bond acceptors (Lipinski definition) is 5. The van der Waals surface area contributed by atoms with E-state index in [-0.39, 0.29) is 11.6 Å². The Hall–Kier alpha value is -3.01. The van der Waals surface area contributed by atoms with Gasteiger partial charge in [-0.3, -0.25) is 14.9 Å². The molecular weight excluding hydrogens is 461 g/mol. The van der Waals surface area contributed by atoms with E-state index in [9.17, 15) is 14.9 Å². The van der Waals surface area contributed by atoms with Gasteiger partial charge in [-0.25, -0.2) is 5.43 Å². The Morgan fingerprint density at radius 2 is 2.04 bits per heavy atom. The molecule has 0 saturated heterocycles. The average Bonchev–Trinajstić information content (AvgIpc) is 3.10. The second-order valence-corrected chi connectivity index (χ2v) is 6.93. The van der Waals surface area contributed by atoms with Gasteiger partial charge in [-0.2, -0.15) is 5.10 Å². The molecule has 1 heterocycles. The molecule has 0 atom stereocenters. The lowest BCUT2D eigenvalue weighted by Gasteiger charge is -2.01. The van der Waals surface area contributed by atoms with Gasteiger partial charge in [0.15, 0.2) is 0 Å². The maximum absolute atomic E-state index is 12.0. The molecule has 8 heteroatoms. The zero-order chi connectivity index (χ0) is 19.4. The molecule has 0 bridgehead atoms. The number of benzene rings is 2. The van der Waals surface area contributed by atoms with Crippen molar-refractivity contribution in [1.29, 1.82) is 0 Å². The summed E-state index contributed by atoms with van der Waals surface area (Å²) in [5, 5.41) is 15.1. The van der Waals surface area contributed by atoms with E-state index in [0.717, 1.165) is 9.13 Å². The highest BCUT2D eigenvalue weighted by molar-refractivity contribution is 14.1. The third-order valence-electron chi connectivity index (χ3n) is 3.69. The van der Waals surface area contributed by atoms with Crippen LogP contribution in [0, 0.1) is 20.6 Å². The minimum absolute atomic E-state index is 0.0279. The zero-order valence-corrected chi connectivity index (χ0v) is 16.3. The van der Waals surface area contributed by atoms with Crippen LogP contribution in [0.1, 0.15) is 21.7 Å². The first-order chi connectivity index (χ1) is 12.9. The number of nitrogens with zero attached hydrogens (tertiary/aromatic N) is 2. The van der Waals surface area contributed by atoms with E-state index < -0.39 is 4.92 Å². The van der Waals surface area contributed by atoms with Crippen LogP contribution in [0.2, 0.25) is 0 Å². The van der Waals surface area contributed by atoms with E-state index in [4.69, 9.17) is 4.42 Å². The monoisotopic (exact) mass is 475 g/mol. The third-order valence-corrected chi connectivity index (χ3v) is 4.36. The molecule has 27 heavy (non-hydrogen) atoms. The van der Waals surface area contributed by atoms with E-state index in [2.05, 4.69) is 33.1 Å². The number of rotatable bonds is 5. The van der Waals surface area contributed by atoms with Crippen LogP contribution in [0.15, 0.2) is 64.1 Å². The van der Waals surface area contributed by atoms with Gasteiger partial charge in [0.05, 0.1) is 16.7 Å². The predicted molar refractivity (Wildman–Crippen MR) is 110 cm³/mol. The Balaban J connectivity index is 1.74. The summed E-state index contributed by atoms with van der Waals surface area (Å²) in [5.41, 5.74) is 4.06. The van der Waals surface area contributed by atoms with Gasteiger partial charge >= 0.3 is 0 Å². The second-order valence-electron chi connectivity index (χ2n) is 5.69. The van der Waals surface area contributed by atoms with Gasteiger partial charge < -0.3 is 4.42 Å². The first-order valence-electron chi connectivity index (χ1n) is 7.88. The smallest absolute Gasteiger partial charge is 0.280 e. The van der Waals surface area contributed by atoms with Crippen molar-refractivity contribution in [3.8, 4) is 11.3 Å². The molecule has 0 unspecified atom stereocenters. The molecule has 2 aromatic carbocycles. The predicted octanol–water partition coefficient (Wildman–Crippen LogP) is 4.53. The van der Waals surface area contributed by atoms with E-state index in [1.165, 1.54) is 12.3 Å². The summed E-state index contributed by atoms with van der Waals surface area (Å²) in [4.78, 5) is 22.8.